The quantitative estimate of drug-likeness (QED) is 0.826. The molecule has 6 heteroatoms. The van der Waals surface area contributed by atoms with Crippen LogP contribution in [-0.4, -0.2) is 32.4 Å². The molecule has 0 saturated carbocycles. The van der Waals surface area contributed by atoms with Crippen LogP contribution in [0.2, 0.25) is 0 Å². The Morgan fingerprint density at radius 2 is 1.79 bits per heavy atom. The molecule has 1 N–H and O–H groups in total. The molecule has 0 aromatic heterocycles. The van der Waals surface area contributed by atoms with Crippen molar-refractivity contribution in [2.45, 2.75) is 30.8 Å². The van der Waals surface area contributed by atoms with Gasteiger partial charge in [0.1, 0.15) is 0 Å². The van der Waals surface area contributed by atoms with Crippen LogP contribution in [0.4, 0.5) is 0 Å². The van der Waals surface area contributed by atoms with E-state index >= 15 is 0 Å². The minimum absolute atomic E-state index is 0.142. The molecular formula is C18H21BrN2O2S. The van der Waals surface area contributed by atoms with Gasteiger partial charge in [-0.25, -0.2) is 13.1 Å². The van der Waals surface area contributed by atoms with Crippen LogP contribution >= 0.6 is 15.9 Å². The maximum Gasteiger partial charge on any atom is 0.240 e. The van der Waals surface area contributed by atoms with Crippen LogP contribution in [0, 0.1) is 0 Å². The highest BCUT2D eigenvalue weighted by atomic mass is 79.9. The molecule has 1 aliphatic heterocycles. The summed E-state index contributed by atoms with van der Waals surface area (Å²) in [7, 11) is -3.47. The van der Waals surface area contributed by atoms with E-state index in [2.05, 4.69) is 56.7 Å². The second-order valence-corrected chi connectivity index (χ2v) is 8.83. The van der Waals surface area contributed by atoms with E-state index in [1.165, 1.54) is 11.1 Å². The van der Waals surface area contributed by atoms with Crippen molar-refractivity contribution in [3.05, 3.63) is 64.1 Å². The first-order valence-corrected chi connectivity index (χ1v) is 10.3. The number of sulfonamides is 1. The van der Waals surface area contributed by atoms with Crippen molar-refractivity contribution in [2.75, 3.05) is 13.1 Å². The molecule has 128 valence electrons. The summed E-state index contributed by atoms with van der Waals surface area (Å²) in [4.78, 5) is 2.62. The van der Waals surface area contributed by atoms with Gasteiger partial charge >= 0.3 is 0 Å². The molecule has 4 nitrogen and oxygen atoms in total. The molecule has 1 heterocycles. The van der Waals surface area contributed by atoms with E-state index in [-0.39, 0.29) is 6.04 Å². The van der Waals surface area contributed by atoms with E-state index in [1.54, 1.807) is 24.3 Å². The predicted octanol–water partition coefficient (Wildman–Crippen LogP) is 3.17. The molecule has 1 atom stereocenters. The zero-order valence-electron chi connectivity index (χ0n) is 13.6. The minimum Gasteiger partial charge on any atom is -0.295 e. The van der Waals surface area contributed by atoms with Gasteiger partial charge in [-0.1, -0.05) is 40.2 Å². The summed E-state index contributed by atoms with van der Waals surface area (Å²) in [6.07, 6.45) is 1.01. The van der Waals surface area contributed by atoms with Gasteiger partial charge in [0.15, 0.2) is 0 Å². The van der Waals surface area contributed by atoms with E-state index in [4.69, 9.17) is 0 Å². The van der Waals surface area contributed by atoms with Crippen molar-refractivity contribution in [2.24, 2.45) is 0 Å². The second-order valence-electron chi connectivity index (χ2n) is 6.14. The molecule has 0 fully saturated rings. The Bertz CT molecular complexity index is 806. The lowest BCUT2D eigenvalue weighted by atomic mass is 9.99. The average molecular weight is 409 g/mol. The first-order valence-electron chi connectivity index (χ1n) is 8.02. The zero-order chi connectivity index (χ0) is 17.2. The first-order chi connectivity index (χ1) is 11.5. The summed E-state index contributed by atoms with van der Waals surface area (Å²) in [5, 5.41) is 0. The Morgan fingerprint density at radius 3 is 2.50 bits per heavy atom. The van der Waals surface area contributed by atoms with Gasteiger partial charge in [0.05, 0.1) is 4.90 Å². The smallest absolute Gasteiger partial charge is 0.240 e. The van der Waals surface area contributed by atoms with Gasteiger partial charge in [0.2, 0.25) is 10.0 Å². The minimum atomic E-state index is -3.47. The van der Waals surface area contributed by atoms with E-state index in [0.29, 0.717) is 11.4 Å². The van der Waals surface area contributed by atoms with Crippen LogP contribution in [-0.2, 0) is 23.0 Å². The topological polar surface area (TPSA) is 49.4 Å². The van der Waals surface area contributed by atoms with Crippen molar-refractivity contribution in [1.82, 2.24) is 9.62 Å². The van der Waals surface area contributed by atoms with E-state index in [9.17, 15) is 8.42 Å². The van der Waals surface area contributed by atoms with Gasteiger partial charge in [0, 0.05) is 30.1 Å². The van der Waals surface area contributed by atoms with Crippen molar-refractivity contribution in [3.8, 4) is 0 Å². The lowest BCUT2D eigenvalue weighted by Gasteiger charge is -2.33. The molecule has 0 unspecified atom stereocenters. The molecule has 24 heavy (non-hydrogen) atoms. The highest BCUT2D eigenvalue weighted by Gasteiger charge is 2.22. The predicted molar refractivity (Wildman–Crippen MR) is 99.3 cm³/mol. The monoisotopic (exact) mass is 408 g/mol. The van der Waals surface area contributed by atoms with Gasteiger partial charge < -0.3 is 0 Å². The van der Waals surface area contributed by atoms with Crippen LogP contribution in [0.3, 0.4) is 0 Å². The third-order valence-electron chi connectivity index (χ3n) is 4.48. The van der Waals surface area contributed by atoms with Gasteiger partial charge in [-0.3, -0.25) is 4.90 Å². The highest BCUT2D eigenvalue weighted by molar-refractivity contribution is 9.10. The molecular weight excluding hydrogens is 388 g/mol. The number of benzene rings is 2. The van der Waals surface area contributed by atoms with Crippen LogP contribution < -0.4 is 4.72 Å². The largest absolute Gasteiger partial charge is 0.295 e. The number of nitrogens with zero attached hydrogens (tertiary/aromatic N) is 1. The first kappa shape index (κ1) is 17.6. The maximum absolute atomic E-state index is 12.4. The number of hydrogen-bond donors (Lipinski definition) is 1. The molecule has 0 bridgehead atoms. The Labute approximate surface area is 152 Å². The number of rotatable bonds is 5. The fourth-order valence-electron chi connectivity index (χ4n) is 2.95. The van der Waals surface area contributed by atoms with Gasteiger partial charge in [0.25, 0.3) is 0 Å². The highest BCUT2D eigenvalue weighted by Crippen LogP contribution is 2.20. The van der Waals surface area contributed by atoms with Crippen molar-refractivity contribution < 1.29 is 8.42 Å². The van der Waals surface area contributed by atoms with Crippen molar-refractivity contribution in [1.29, 1.82) is 0 Å². The molecule has 0 spiro atoms. The number of hydrogen-bond acceptors (Lipinski definition) is 3. The zero-order valence-corrected chi connectivity index (χ0v) is 16.0. The molecule has 0 amide bonds. The fourth-order valence-corrected chi connectivity index (χ4v) is 4.34. The second kappa shape index (κ2) is 7.35. The normalized spacial score (nSPS) is 16.6. The van der Waals surface area contributed by atoms with Crippen molar-refractivity contribution in [3.63, 3.8) is 0 Å². The molecule has 3 rings (SSSR count). The summed E-state index contributed by atoms with van der Waals surface area (Å²) in [5.74, 6) is 0. The van der Waals surface area contributed by atoms with Crippen molar-refractivity contribution >= 4 is 26.0 Å². The van der Waals surface area contributed by atoms with Gasteiger partial charge in [-0.15, -0.1) is 0 Å². The molecule has 0 aliphatic carbocycles. The Kier molecular flexibility index (Phi) is 5.39. The average Bonchev–Trinajstić information content (AvgIpc) is 2.59. The lowest BCUT2D eigenvalue weighted by Crippen LogP contribution is -2.44. The molecule has 2 aromatic rings. The van der Waals surface area contributed by atoms with E-state index < -0.39 is 10.0 Å². The standard InChI is InChI=1S/C18H21BrN2O2S/c1-14(21-11-10-15-4-2-3-5-16(15)13-21)12-20-24(22,23)18-8-6-17(19)7-9-18/h2-9,14,20H,10-13H2,1H3/t14-/m1/s1. The third-order valence-corrected chi connectivity index (χ3v) is 6.44. The van der Waals surface area contributed by atoms with E-state index in [0.717, 1.165) is 24.0 Å². The molecule has 1 aliphatic rings. The SMILES string of the molecule is C[C@H](CNS(=O)(=O)c1ccc(Br)cc1)N1CCc2ccccc2C1. The summed E-state index contributed by atoms with van der Waals surface area (Å²) < 4.78 is 28.4. The van der Waals surface area contributed by atoms with E-state index in [1.807, 2.05) is 0 Å². The molecule has 0 radical (unpaired) electrons. The Balaban J connectivity index is 1.61. The molecule has 2 aromatic carbocycles. The third kappa shape index (κ3) is 4.06. The van der Waals surface area contributed by atoms with Crippen LogP contribution in [0.15, 0.2) is 57.9 Å². The number of halogens is 1. The Morgan fingerprint density at radius 1 is 1.12 bits per heavy atom. The number of fused-ring (bicyclic) bond motifs is 1. The lowest BCUT2D eigenvalue weighted by molar-refractivity contribution is 0.192. The van der Waals surface area contributed by atoms with Gasteiger partial charge in [-0.2, -0.15) is 0 Å². The summed E-state index contributed by atoms with van der Waals surface area (Å²) in [6, 6.07) is 15.3. The fraction of sp³-hybridized carbons (Fsp3) is 0.333. The summed E-state index contributed by atoms with van der Waals surface area (Å²) in [5.41, 5.74) is 2.74. The maximum atomic E-state index is 12.4. The van der Waals surface area contributed by atoms with Crippen LogP contribution in [0.5, 0.6) is 0 Å². The Hall–Kier alpha value is -1.21. The molecule has 0 saturated heterocycles. The summed E-state index contributed by atoms with van der Waals surface area (Å²) >= 11 is 3.32. The van der Waals surface area contributed by atoms with Crippen LogP contribution in [0.25, 0.3) is 0 Å². The summed E-state index contributed by atoms with van der Waals surface area (Å²) in [6.45, 7) is 4.30. The number of nitrogens with one attached hydrogen (secondary N) is 1. The van der Waals surface area contributed by atoms with Gasteiger partial charge in [-0.05, 0) is 48.7 Å². The van der Waals surface area contributed by atoms with Crippen LogP contribution in [0.1, 0.15) is 18.1 Å².